The maximum absolute atomic E-state index is 12.1. The molecule has 0 saturated carbocycles. The Labute approximate surface area is 152 Å². The van der Waals surface area contributed by atoms with E-state index < -0.39 is 23.3 Å². The number of hydrogen-bond acceptors (Lipinski definition) is 6. The smallest absolute Gasteiger partial charge is 0.336 e. The van der Waals surface area contributed by atoms with Crippen molar-refractivity contribution in [3.63, 3.8) is 0 Å². The fourth-order valence-corrected chi connectivity index (χ4v) is 2.53. The molecule has 0 radical (unpaired) electrons. The number of esters is 1. The van der Waals surface area contributed by atoms with E-state index in [4.69, 9.17) is 13.9 Å². The number of benzene rings is 1. The fourth-order valence-electron chi connectivity index (χ4n) is 2.53. The average molecular weight is 360 g/mol. The molecule has 26 heavy (non-hydrogen) atoms. The molecule has 0 saturated heterocycles. The minimum absolute atomic E-state index is 0.0398. The first-order chi connectivity index (χ1) is 12.1. The van der Waals surface area contributed by atoms with E-state index in [9.17, 15) is 14.7 Å². The summed E-state index contributed by atoms with van der Waals surface area (Å²) in [5.41, 5.74) is 0.124. The maximum atomic E-state index is 12.1. The first-order valence-electron chi connectivity index (χ1n) is 8.29. The van der Waals surface area contributed by atoms with Gasteiger partial charge in [0.2, 0.25) is 0 Å². The van der Waals surface area contributed by atoms with Gasteiger partial charge in [-0.25, -0.2) is 9.59 Å². The first kappa shape index (κ1) is 19.7. The molecule has 2 aromatic rings. The number of phenolic OH excluding ortho intramolecular Hbond substituents is 1. The highest BCUT2D eigenvalue weighted by molar-refractivity contribution is 5.83. The van der Waals surface area contributed by atoms with Crippen LogP contribution in [-0.4, -0.2) is 29.9 Å². The Morgan fingerprint density at radius 3 is 2.54 bits per heavy atom. The number of ether oxygens (including phenoxy) is 2. The quantitative estimate of drug-likeness (QED) is 0.483. The van der Waals surface area contributed by atoms with Crippen molar-refractivity contribution in [3.05, 3.63) is 51.9 Å². The molecule has 0 amide bonds. The summed E-state index contributed by atoms with van der Waals surface area (Å²) in [6, 6.07) is 6.11. The minimum Gasteiger partial charge on any atom is -0.508 e. The largest absolute Gasteiger partial charge is 0.508 e. The molecule has 0 fully saturated rings. The number of carbonyl (C=O) groups is 1. The molecule has 0 spiro atoms. The van der Waals surface area contributed by atoms with E-state index >= 15 is 0 Å². The lowest BCUT2D eigenvalue weighted by molar-refractivity contribution is -0.159. The summed E-state index contributed by atoms with van der Waals surface area (Å²) >= 11 is 0. The highest BCUT2D eigenvalue weighted by Crippen LogP contribution is 2.31. The summed E-state index contributed by atoms with van der Waals surface area (Å²) < 4.78 is 16.3. The highest BCUT2D eigenvalue weighted by Gasteiger charge is 2.34. The van der Waals surface area contributed by atoms with Crippen molar-refractivity contribution in [2.45, 2.75) is 45.8 Å². The van der Waals surface area contributed by atoms with E-state index in [1.165, 1.54) is 25.3 Å². The van der Waals surface area contributed by atoms with Gasteiger partial charge in [0.1, 0.15) is 17.4 Å². The van der Waals surface area contributed by atoms with Gasteiger partial charge in [-0.1, -0.05) is 5.57 Å². The lowest BCUT2D eigenvalue weighted by Gasteiger charge is -2.32. The number of allylic oxidation sites excluding steroid dienone is 1. The van der Waals surface area contributed by atoms with Gasteiger partial charge in [0.15, 0.2) is 0 Å². The van der Waals surface area contributed by atoms with E-state index in [2.05, 4.69) is 0 Å². The molecule has 6 heteroatoms. The third-order valence-corrected chi connectivity index (χ3v) is 4.22. The molecule has 1 aromatic carbocycles. The van der Waals surface area contributed by atoms with Crippen LogP contribution in [0.2, 0.25) is 0 Å². The standard InChI is InChI=1S/C20H24O6/c1-12(2)10-18(23)25-16(20(3,4)24-5)11-14-15(21)8-6-13-7-9-17(22)26-19(13)14/h6-10,16,21H,11H2,1-5H3. The third kappa shape index (κ3) is 4.52. The van der Waals surface area contributed by atoms with Gasteiger partial charge in [0.05, 0.1) is 5.60 Å². The predicted molar refractivity (Wildman–Crippen MR) is 98.3 cm³/mol. The van der Waals surface area contributed by atoms with Crippen molar-refractivity contribution in [1.29, 1.82) is 0 Å². The molecule has 6 nitrogen and oxygen atoms in total. The lowest BCUT2D eigenvalue weighted by Crippen LogP contribution is -2.42. The summed E-state index contributed by atoms with van der Waals surface area (Å²) in [6.07, 6.45) is 0.804. The van der Waals surface area contributed by atoms with Crippen LogP contribution in [0.4, 0.5) is 0 Å². The Bertz CT molecular complexity index is 887. The van der Waals surface area contributed by atoms with Crippen LogP contribution in [0.3, 0.4) is 0 Å². The van der Waals surface area contributed by atoms with Gasteiger partial charge in [-0.3, -0.25) is 0 Å². The van der Waals surface area contributed by atoms with Crippen molar-refractivity contribution in [3.8, 4) is 5.75 Å². The van der Waals surface area contributed by atoms with Crippen LogP contribution >= 0.6 is 0 Å². The van der Waals surface area contributed by atoms with Crippen molar-refractivity contribution in [2.75, 3.05) is 7.11 Å². The van der Waals surface area contributed by atoms with Gasteiger partial charge in [-0.2, -0.15) is 0 Å². The van der Waals surface area contributed by atoms with Gasteiger partial charge in [0.25, 0.3) is 0 Å². The molecule has 140 valence electrons. The third-order valence-electron chi connectivity index (χ3n) is 4.22. The SMILES string of the molecule is COC(C)(C)C(Cc1c(O)ccc2ccc(=O)oc12)OC(=O)C=C(C)C. The van der Waals surface area contributed by atoms with Crippen molar-refractivity contribution in [2.24, 2.45) is 0 Å². The van der Waals surface area contributed by atoms with Crippen molar-refractivity contribution >= 4 is 16.9 Å². The van der Waals surface area contributed by atoms with Gasteiger partial charge in [-0.05, 0) is 45.9 Å². The summed E-state index contributed by atoms with van der Waals surface area (Å²) in [5, 5.41) is 11.0. The Kier molecular flexibility index (Phi) is 5.87. The molecule has 0 bridgehead atoms. The zero-order valence-corrected chi connectivity index (χ0v) is 15.7. The first-order valence-corrected chi connectivity index (χ1v) is 8.29. The Hall–Kier alpha value is -2.60. The van der Waals surface area contributed by atoms with Crippen LogP contribution in [0, 0.1) is 0 Å². The second-order valence-corrected chi connectivity index (χ2v) is 6.89. The molecular formula is C20H24O6. The van der Waals surface area contributed by atoms with E-state index in [-0.39, 0.29) is 17.8 Å². The summed E-state index contributed by atoms with van der Waals surface area (Å²) in [4.78, 5) is 23.7. The molecule has 0 aliphatic rings. The molecule has 2 rings (SSSR count). The van der Waals surface area contributed by atoms with E-state index in [1.807, 2.05) is 0 Å². The van der Waals surface area contributed by atoms with Crippen LogP contribution in [0.25, 0.3) is 11.0 Å². The van der Waals surface area contributed by atoms with E-state index in [0.717, 1.165) is 5.57 Å². The van der Waals surface area contributed by atoms with E-state index in [1.54, 1.807) is 39.8 Å². The Morgan fingerprint density at radius 1 is 1.27 bits per heavy atom. The zero-order chi connectivity index (χ0) is 19.5. The van der Waals surface area contributed by atoms with Gasteiger partial charge < -0.3 is 19.0 Å². The number of fused-ring (bicyclic) bond motifs is 1. The highest BCUT2D eigenvalue weighted by atomic mass is 16.6. The number of methoxy groups -OCH3 is 1. The molecule has 1 unspecified atom stereocenters. The topological polar surface area (TPSA) is 86.0 Å². The van der Waals surface area contributed by atoms with E-state index in [0.29, 0.717) is 10.9 Å². The number of carbonyl (C=O) groups excluding carboxylic acids is 1. The summed E-state index contributed by atoms with van der Waals surface area (Å²) in [5.74, 6) is -0.539. The second-order valence-electron chi connectivity index (χ2n) is 6.89. The van der Waals surface area contributed by atoms with Crippen LogP contribution < -0.4 is 5.63 Å². The minimum atomic E-state index is -0.825. The normalized spacial score (nSPS) is 12.7. The van der Waals surface area contributed by atoms with Crippen LogP contribution in [0.5, 0.6) is 5.75 Å². The second kappa shape index (κ2) is 7.74. The summed E-state index contributed by atoms with van der Waals surface area (Å²) in [6.45, 7) is 7.16. The van der Waals surface area contributed by atoms with Gasteiger partial charge in [0, 0.05) is 36.6 Å². The van der Waals surface area contributed by atoms with Crippen molar-refractivity contribution in [1.82, 2.24) is 0 Å². The number of phenols is 1. The maximum Gasteiger partial charge on any atom is 0.336 e. The molecule has 1 aromatic heterocycles. The Balaban J connectivity index is 2.48. The zero-order valence-electron chi connectivity index (χ0n) is 15.7. The lowest BCUT2D eigenvalue weighted by atomic mass is 9.93. The molecule has 0 aliphatic carbocycles. The monoisotopic (exact) mass is 360 g/mol. The number of hydrogen-bond donors (Lipinski definition) is 1. The summed E-state index contributed by atoms with van der Waals surface area (Å²) in [7, 11) is 1.52. The average Bonchev–Trinajstić information content (AvgIpc) is 2.55. The molecule has 1 heterocycles. The van der Waals surface area contributed by atoms with Crippen molar-refractivity contribution < 1.29 is 23.8 Å². The molecule has 0 aliphatic heterocycles. The van der Waals surface area contributed by atoms with Crippen LogP contribution in [0.1, 0.15) is 33.3 Å². The fraction of sp³-hybridized carbons (Fsp3) is 0.400. The molecule has 1 N–H and O–H groups in total. The number of aromatic hydroxyl groups is 1. The molecule has 1 atom stereocenters. The predicted octanol–water partition coefficient (Wildman–Crippen LogP) is 3.34. The molecular weight excluding hydrogens is 336 g/mol. The van der Waals surface area contributed by atoms with Crippen LogP contribution in [0.15, 0.2) is 45.1 Å². The van der Waals surface area contributed by atoms with Crippen LogP contribution in [-0.2, 0) is 20.7 Å². The van der Waals surface area contributed by atoms with Gasteiger partial charge in [-0.15, -0.1) is 0 Å². The Morgan fingerprint density at radius 2 is 1.92 bits per heavy atom. The van der Waals surface area contributed by atoms with Gasteiger partial charge >= 0.3 is 11.6 Å². The number of rotatable bonds is 6.